The quantitative estimate of drug-likeness (QED) is 0.724. The Hall–Kier alpha value is -1.63. The van der Waals surface area contributed by atoms with Gasteiger partial charge in [-0.25, -0.2) is 0 Å². The number of aliphatic hydroxyl groups is 1. The predicted octanol–water partition coefficient (Wildman–Crippen LogP) is 1.39. The van der Waals surface area contributed by atoms with Crippen LogP contribution in [0.5, 0.6) is 11.5 Å². The molecule has 1 fully saturated rings. The topological polar surface area (TPSA) is 90.2 Å². The van der Waals surface area contributed by atoms with Crippen LogP contribution >= 0.6 is 0 Å². The molecular weight excluding hydrogens is 310 g/mol. The number of phenolic OH excluding ortho intramolecular Hbond substituents is 1. The summed E-state index contributed by atoms with van der Waals surface area (Å²) in [6.45, 7) is 2.31. The van der Waals surface area contributed by atoms with E-state index in [0.717, 1.165) is 16.2 Å². The van der Waals surface area contributed by atoms with Gasteiger partial charge in [0.15, 0.2) is 23.4 Å². The Kier molecular flexibility index (Phi) is 3.27. The minimum absolute atomic E-state index is 0.00424. The van der Waals surface area contributed by atoms with E-state index in [1.807, 2.05) is 13.0 Å². The molecule has 1 aromatic rings. The molecule has 0 bridgehead atoms. The highest BCUT2D eigenvalue weighted by Gasteiger charge is 2.69. The van der Waals surface area contributed by atoms with E-state index < -0.39 is 17.1 Å². The fraction of sp³-hybridized carbons (Fsp3) is 0.611. The van der Waals surface area contributed by atoms with Gasteiger partial charge in [-0.1, -0.05) is 13.0 Å². The number of carbonyl (C=O) groups is 1. The van der Waals surface area contributed by atoms with E-state index in [9.17, 15) is 20.2 Å². The van der Waals surface area contributed by atoms with E-state index in [0.29, 0.717) is 31.6 Å². The van der Waals surface area contributed by atoms with Crippen molar-refractivity contribution in [1.29, 1.82) is 0 Å². The van der Waals surface area contributed by atoms with Gasteiger partial charge >= 0.3 is 0 Å². The molecule has 1 saturated carbocycles. The van der Waals surface area contributed by atoms with Crippen LogP contribution in [0, 0.1) is 5.92 Å². The molecule has 1 heterocycles. The Morgan fingerprint density at radius 3 is 2.88 bits per heavy atom. The summed E-state index contributed by atoms with van der Waals surface area (Å²) in [5.41, 5.74) is -0.227. The first-order chi connectivity index (χ1) is 11.3. The molecule has 3 aliphatic rings. The first kappa shape index (κ1) is 15.9. The van der Waals surface area contributed by atoms with Crippen molar-refractivity contribution in [3.05, 3.63) is 23.3 Å². The molecule has 0 unspecified atom stereocenters. The number of rotatable bonds is 3. The van der Waals surface area contributed by atoms with Gasteiger partial charge < -0.3 is 20.2 Å². The molecule has 1 aliphatic heterocycles. The second-order valence-corrected chi connectivity index (χ2v) is 7.54. The number of nitrogens with zero attached hydrogens (tertiary/aromatic N) is 1. The third-order valence-corrected chi connectivity index (χ3v) is 6.34. The van der Waals surface area contributed by atoms with Gasteiger partial charge in [-0.15, -0.1) is 0 Å². The molecule has 6 heteroatoms. The van der Waals surface area contributed by atoms with Gasteiger partial charge in [-0.3, -0.25) is 4.79 Å². The minimum Gasteiger partial charge on any atom is -0.504 e. The lowest BCUT2D eigenvalue weighted by molar-refractivity contribution is -0.169. The molecule has 4 rings (SSSR count). The SMILES string of the molecule is C[C@@H]1Cc2ccc(O)c3c2[C@@]2(CCN(C)O)[C@@H](O3)C(=O)CC[C@@]12O. The molecule has 0 saturated heterocycles. The predicted molar refractivity (Wildman–Crippen MR) is 85.3 cm³/mol. The van der Waals surface area contributed by atoms with Crippen molar-refractivity contribution in [3.63, 3.8) is 0 Å². The number of aromatic hydroxyl groups is 1. The Bertz CT molecular complexity index is 718. The van der Waals surface area contributed by atoms with Crippen LogP contribution in [0.1, 0.15) is 37.3 Å². The van der Waals surface area contributed by atoms with E-state index in [4.69, 9.17) is 4.74 Å². The number of carbonyl (C=O) groups excluding carboxylic acids is 1. The number of phenols is 1. The molecule has 2 aliphatic carbocycles. The number of hydrogen-bond donors (Lipinski definition) is 3. The van der Waals surface area contributed by atoms with Crippen LogP contribution in [0.25, 0.3) is 0 Å². The Labute approximate surface area is 140 Å². The molecule has 24 heavy (non-hydrogen) atoms. The molecule has 130 valence electrons. The van der Waals surface area contributed by atoms with Crippen molar-refractivity contribution in [3.8, 4) is 11.5 Å². The summed E-state index contributed by atoms with van der Waals surface area (Å²) in [7, 11) is 1.55. The van der Waals surface area contributed by atoms with E-state index in [2.05, 4.69) is 0 Å². The second kappa shape index (κ2) is 4.94. The average Bonchev–Trinajstić information content (AvgIpc) is 2.90. The third-order valence-electron chi connectivity index (χ3n) is 6.34. The highest BCUT2D eigenvalue weighted by Crippen LogP contribution is 2.63. The zero-order valence-corrected chi connectivity index (χ0v) is 14.0. The van der Waals surface area contributed by atoms with Crippen LogP contribution in [0.4, 0.5) is 0 Å². The van der Waals surface area contributed by atoms with Gasteiger partial charge in [0.25, 0.3) is 0 Å². The maximum absolute atomic E-state index is 12.6. The van der Waals surface area contributed by atoms with E-state index in [-0.39, 0.29) is 23.9 Å². The number of ether oxygens (including phenoxy) is 1. The molecule has 0 amide bonds. The highest BCUT2D eigenvalue weighted by molar-refractivity contribution is 5.89. The smallest absolute Gasteiger partial charge is 0.174 e. The standard InChI is InChI=1S/C18H23NO5/c1-10-9-11-3-4-12(20)15-14(11)17(7-8-19(2)23)16(24-15)13(21)5-6-18(10,17)22/h3-4,10,16,20,22-23H,5-9H2,1-2H3/t10-,16+,17+,18-/m1/s1. The molecule has 4 atom stereocenters. The maximum atomic E-state index is 12.6. The summed E-state index contributed by atoms with van der Waals surface area (Å²) in [5, 5.41) is 32.7. The van der Waals surface area contributed by atoms with Crippen LogP contribution in [-0.4, -0.2) is 51.6 Å². The molecule has 0 radical (unpaired) electrons. The maximum Gasteiger partial charge on any atom is 0.174 e. The first-order valence-corrected chi connectivity index (χ1v) is 8.48. The van der Waals surface area contributed by atoms with Crippen LogP contribution < -0.4 is 4.74 Å². The van der Waals surface area contributed by atoms with Crippen molar-refractivity contribution in [2.45, 2.75) is 49.7 Å². The normalized spacial score (nSPS) is 36.6. The zero-order chi connectivity index (χ0) is 17.3. The van der Waals surface area contributed by atoms with Crippen LogP contribution in [0.3, 0.4) is 0 Å². The van der Waals surface area contributed by atoms with Crippen LogP contribution in [0.2, 0.25) is 0 Å². The Morgan fingerprint density at radius 2 is 2.17 bits per heavy atom. The minimum atomic E-state index is -1.09. The summed E-state index contributed by atoms with van der Waals surface area (Å²) in [6, 6.07) is 3.46. The van der Waals surface area contributed by atoms with E-state index in [1.165, 1.54) is 0 Å². The average molecular weight is 333 g/mol. The number of hydrogen-bond acceptors (Lipinski definition) is 6. The van der Waals surface area contributed by atoms with Gasteiger partial charge in [0.1, 0.15) is 0 Å². The lowest BCUT2D eigenvalue weighted by Gasteiger charge is -2.56. The molecule has 1 aromatic carbocycles. The van der Waals surface area contributed by atoms with Gasteiger partial charge in [0.05, 0.1) is 11.0 Å². The van der Waals surface area contributed by atoms with Gasteiger partial charge in [-0.05, 0) is 36.8 Å². The van der Waals surface area contributed by atoms with Gasteiger partial charge in [0.2, 0.25) is 0 Å². The van der Waals surface area contributed by atoms with Crippen molar-refractivity contribution < 1.29 is 25.0 Å². The zero-order valence-electron chi connectivity index (χ0n) is 14.0. The molecule has 0 spiro atoms. The van der Waals surface area contributed by atoms with Gasteiger partial charge in [0, 0.05) is 25.6 Å². The number of ketones is 1. The fourth-order valence-corrected chi connectivity index (χ4v) is 5.19. The molecular formula is C18H23NO5. The monoisotopic (exact) mass is 333 g/mol. The molecule has 3 N–H and O–H groups in total. The van der Waals surface area contributed by atoms with Crippen molar-refractivity contribution in [2.75, 3.05) is 13.6 Å². The fourth-order valence-electron chi connectivity index (χ4n) is 5.19. The number of benzene rings is 1. The van der Waals surface area contributed by atoms with Crippen LogP contribution in [0.15, 0.2) is 12.1 Å². The Morgan fingerprint density at radius 1 is 1.42 bits per heavy atom. The largest absolute Gasteiger partial charge is 0.504 e. The summed E-state index contributed by atoms with van der Waals surface area (Å²) in [6.07, 6.45) is 0.921. The van der Waals surface area contributed by atoms with E-state index in [1.54, 1.807) is 13.1 Å². The first-order valence-electron chi connectivity index (χ1n) is 8.48. The summed E-state index contributed by atoms with van der Waals surface area (Å²) in [4.78, 5) is 12.6. The van der Waals surface area contributed by atoms with Crippen molar-refractivity contribution in [2.24, 2.45) is 5.92 Å². The lowest BCUT2D eigenvalue weighted by atomic mass is 9.49. The van der Waals surface area contributed by atoms with Crippen molar-refractivity contribution in [1.82, 2.24) is 5.06 Å². The summed E-state index contributed by atoms with van der Waals surface area (Å²) < 4.78 is 5.93. The van der Waals surface area contributed by atoms with E-state index >= 15 is 0 Å². The molecule has 0 aromatic heterocycles. The second-order valence-electron chi connectivity index (χ2n) is 7.54. The molecule has 6 nitrogen and oxygen atoms in total. The highest BCUT2D eigenvalue weighted by atomic mass is 16.5. The van der Waals surface area contributed by atoms with Crippen LogP contribution in [-0.2, 0) is 16.6 Å². The van der Waals surface area contributed by atoms with Crippen molar-refractivity contribution >= 4 is 5.78 Å². The third kappa shape index (κ3) is 1.74. The summed E-state index contributed by atoms with van der Waals surface area (Å²) >= 11 is 0. The lowest BCUT2D eigenvalue weighted by Crippen LogP contribution is -2.68. The Balaban J connectivity index is 1.99. The summed E-state index contributed by atoms with van der Waals surface area (Å²) in [5.74, 6) is 0.253. The number of hydroxylamine groups is 2. The van der Waals surface area contributed by atoms with Gasteiger partial charge in [-0.2, -0.15) is 5.06 Å². The number of Topliss-reactive ketones (excluding diaryl/α,β-unsaturated/α-hetero) is 1.